The topological polar surface area (TPSA) is 51.0 Å². The number of aromatic nitrogens is 2. The summed E-state index contributed by atoms with van der Waals surface area (Å²) < 4.78 is 5.15. The molecule has 0 radical (unpaired) electrons. The van der Waals surface area contributed by atoms with Crippen LogP contribution in [0.2, 0.25) is 5.02 Å². The van der Waals surface area contributed by atoms with Crippen LogP contribution in [-0.2, 0) is 0 Å². The lowest BCUT2D eigenvalue weighted by atomic mass is 10.0. The first-order chi connectivity index (χ1) is 10.2. The van der Waals surface area contributed by atoms with Crippen molar-refractivity contribution in [3.63, 3.8) is 0 Å². The van der Waals surface area contributed by atoms with Crippen molar-refractivity contribution in [2.45, 2.75) is 31.8 Å². The largest absolute Gasteiger partial charge is 0.340 e. The number of aryl methyl sites for hydroxylation is 1. The number of benzene rings is 1. The van der Waals surface area contributed by atoms with Gasteiger partial charge in [0.1, 0.15) is 0 Å². The fourth-order valence-electron chi connectivity index (χ4n) is 2.51. The number of halogens is 1. The Morgan fingerprint density at radius 2 is 2.00 bits per heavy atom. The third-order valence-corrected chi connectivity index (χ3v) is 4.93. The van der Waals surface area contributed by atoms with E-state index in [0.29, 0.717) is 17.8 Å². The molecule has 4 nitrogen and oxygen atoms in total. The summed E-state index contributed by atoms with van der Waals surface area (Å²) in [5.41, 5.74) is 1.11. The predicted octanol–water partition coefficient (Wildman–Crippen LogP) is 3.61. The molecule has 112 valence electrons. The van der Waals surface area contributed by atoms with E-state index < -0.39 is 0 Å². The Morgan fingerprint density at radius 3 is 2.62 bits per heavy atom. The van der Waals surface area contributed by atoms with Gasteiger partial charge in [-0.25, -0.2) is 0 Å². The van der Waals surface area contributed by atoms with Crippen LogP contribution in [0.3, 0.4) is 0 Å². The van der Waals surface area contributed by atoms with E-state index in [2.05, 4.69) is 15.5 Å². The summed E-state index contributed by atoms with van der Waals surface area (Å²) >= 11 is 8.00. The van der Waals surface area contributed by atoms with Crippen LogP contribution in [0.4, 0.5) is 0 Å². The Bertz CT molecular complexity index is 581. The van der Waals surface area contributed by atoms with Crippen molar-refractivity contribution >= 4 is 23.4 Å². The zero-order valence-corrected chi connectivity index (χ0v) is 13.5. The van der Waals surface area contributed by atoms with Crippen LogP contribution in [0.5, 0.6) is 0 Å². The minimum absolute atomic E-state index is 0.0483. The summed E-state index contributed by atoms with van der Waals surface area (Å²) in [6.07, 6.45) is 2.34. The maximum Gasteiger partial charge on any atom is 0.223 e. The highest BCUT2D eigenvalue weighted by molar-refractivity contribution is 7.99. The van der Waals surface area contributed by atoms with Crippen molar-refractivity contribution in [2.75, 3.05) is 11.5 Å². The third kappa shape index (κ3) is 3.78. The first-order valence-electron chi connectivity index (χ1n) is 7.12. The molecule has 1 aliphatic rings. The second kappa shape index (κ2) is 6.81. The number of nitrogens with one attached hydrogen (secondary N) is 1. The lowest BCUT2D eigenvalue weighted by molar-refractivity contribution is 0.373. The fourth-order valence-corrected chi connectivity index (χ4v) is 3.74. The van der Waals surface area contributed by atoms with Crippen molar-refractivity contribution < 1.29 is 4.52 Å². The summed E-state index contributed by atoms with van der Waals surface area (Å²) in [5, 5.41) is 8.51. The molecule has 0 bridgehead atoms. The standard InChI is InChI=1S/C15H18ClN3OS/c1-10-17-15(19-20-10)14(11-2-4-12(16)5-3-11)18-13-6-8-21-9-7-13/h2-5,13-14,18H,6-9H2,1H3/t14-/m1/s1. The van der Waals surface area contributed by atoms with Crippen LogP contribution in [0.15, 0.2) is 28.8 Å². The first kappa shape index (κ1) is 14.9. The van der Waals surface area contributed by atoms with E-state index in [-0.39, 0.29) is 6.04 Å². The van der Waals surface area contributed by atoms with E-state index >= 15 is 0 Å². The molecule has 1 fully saturated rings. The lowest BCUT2D eigenvalue weighted by Crippen LogP contribution is -2.36. The Kier molecular flexibility index (Phi) is 4.83. The highest BCUT2D eigenvalue weighted by Gasteiger charge is 2.24. The van der Waals surface area contributed by atoms with Gasteiger partial charge in [0.05, 0.1) is 6.04 Å². The highest BCUT2D eigenvalue weighted by Crippen LogP contribution is 2.25. The van der Waals surface area contributed by atoms with E-state index in [4.69, 9.17) is 16.1 Å². The van der Waals surface area contributed by atoms with Gasteiger partial charge in [0.15, 0.2) is 5.82 Å². The molecule has 2 aromatic rings. The molecule has 0 amide bonds. The van der Waals surface area contributed by atoms with Crippen molar-refractivity contribution in [1.82, 2.24) is 15.5 Å². The summed E-state index contributed by atoms with van der Waals surface area (Å²) in [6.45, 7) is 1.81. The summed E-state index contributed by atoms with van der Waals surface area (Å²) in [5.74, 6) is 3.69. The number of thioether (sulfide) groups is 1. The van der Waals surface area contributed by atoms with Gasteiger partial charge in [0.2, 0.25) is 5.89 Å². The molecule has 6 heteroatoms. The van der Waals surface area contributed by atoms with Gasteiger partial charge in [-0.1, -0.05) is 28.9 Å². The van der Waals surface area contributed by atoms with Crippen molar-refractivity contribution in [3.05, 3.63) is 46.6 Å². The Labute approximate surface area is 133 Å². The molecule has 1 aliphatic heterocycles. The van der Waals surface area contributed by atoms with E-state index in [0.717, 1.165) is 10.6 Å². The van der Waals surface area contributed by atoms with Gasteiger partial charge >= 0.3 is 0 Å². The molecule has 1 aromatic carbocycles. The molecular formula is C15H18ClN3OS. The van der Waals surface area contributed by atoms with Crippen LogP contribution in [0.1, 0.15) is 36.2 Å². The molecule has 0 aliphatic carbocycles. The number of hydrogen-bond acceptors (Lipinski definition) is 5. The fraction of sp³-hybridized carbons (Fsp3) is 0.467. The minimum atomic E-state index is -0.0483. The Morgan fingerprint density at radius 1 is 1.29 bits per heavy atom. The second-order valence-corrected chi connectivity index (χ2v) is 6.87. The van der Waals surface area contributed by atoms with Gasteiger partial charge in [-0.15, -0.1) is 0 Å². The average Bonchev–Trinajstić information content (AvgIpc) is 2.93. The van der Waals surface area contributed by atoms with Crippen LogP contribution in [-0.4, -0.2) is 27.7 Å². The summed E-state index contributed by atoms with van der Waals surface area (Å²) in [4.78, 5) is 4.40. The van der Waals surface area contributed by atoms with Gasteiger partial charge in [-0.3, -0.25) is 0 Å². The van der Waals surface area contributed by atoms with E-state index in [1.165, 1.54) is 24.3 Å². The molecule has 1 N–H and O–H groups in total. The monoisotopic (exact) mass is 323 g/mol. The molecule has 0 unspecified atom stereocenters. The highest BCUT2D eigenvalue weighted by atomic mass is 35.5. The van der Waals surface area contributed by atoms with Crippen molar-refractivity contribution in [1.29, 1.82) is 0 Å². The molecule has 1 atom stereocenters. The van der Waals surface area contributed by atoms with Crippen molar-refractivity contribution in [3.8, 4) is 0 Å². The average molecular weight is 324 g/mol. The predicted molar refractivity (Wildman–Crippen MR) is 85.8 cm³/mol. The Balaban J connectivity index is 1.84. The zero-order valence-electron chi connectivity index (χ0n) is 11.9. The van der Waals surface area contributed by atoms with E-state index in [9.17, 15) is 0 Å². The van der Waals surface area contributed by atoms with Crippen molar-refractivity contribution in [2.24, 2.45) is 0 Å². The van der Waals surface area contributed by atoms with E-state index in [1.807, 2.05) is 43.0 Å². The normalized spacial score (nSPS) is 17.8. The molecular weight excluding hydrogens is 306 g/mol. The number of hydrogen-bond donors (Lipinski definition) is 1. The number of rotatable bonds is 4. The van der Waals surface area contributed by atoms with Crippen LogP contribution in [0.25, 0.3) is 0 Å². The van der Waals surface area contributed by atoms with Gasteiger partial charge in [-0.2, -0.15) is 16.7 Å². The molecule has 1 aromatic heterocycles. The molecule has 0 spiro atoms. The van der Waals surface area contributed by atoms with Gasteiger partial charge < -0.3 is 9.84 Å². The van der Waals surface area contributed by atoms with Gasteiger partial charge in [0, 0.05) is 18.0 Å². The van der Waals surface area contributed by atoms with E-state index in [1.54, 1.807) is 0 Å². The Hall–Kier alpha value is -1.04. The van der Waals surface area contributed by atoms with Crippen LogP contribution >= 0.6 is 23.4 Å². The SMILES string of the molecule is Cc1nc([C@H](NC2CCSCC2)c2ccc(Cl)cc2)no1. The second-order valence-electron chi connectivity index (χ2n) is 5.21. The molecule has 1 saturated heterocycles. The summed E-state index contributed by atoms with van der Waals surface area (Å²) in [7, 11) is 0. The lowest BCUT2D eigenvalue weighted by Gasteiger charge is -2.27. The van der Waals surface area contributed by atoms with Crippen LogP contribution in [0, 0.1) is 6.92 Å². The molecule has 2 heterocycles. The molecule has 0 saturated carbocycles. The first-order valence-corrected chi connectivity index (χ1v) is 8.65. The molecule has 3 rings (SSSR count). The number of nitrogens with zero attached hydrogens (tertiary/aromatic N) is 2. The summed E-state index contributed by atoms with van der Waals surface area (Å²) in [6, 6.07) is 8.27. The quantitative estimate of drug-likeness (QED) is 0.931. The smallest absolute Gasteiger partial charge is 0.223 e. The van der Waals surface area contributed by atoms with Crippen LogP contribution < -0.4 is 5.32 Å². The zero-order chi connectivity index (χ0) is 14.7. The van der Waals surface area contributed by atoms with Gasteiger partial charge in [0.25, 0.3) is 0 Å². The van der Waals surface area contributed by atoms with Gasteiger partial charge in [-0.05, 0) is 42.0 Å². The maximum atomic E-state index is 5.99. The maximum absolute atomic E-state index is 5.99. The minimum Gasteiger partial charge on any atom is -0.340 e. The molecule has 21 heavy (non-hydrogen) atoms. The third-order valence-electron chi connectivity index (χ3n) is 3.63.